The number of ether oxygens (including phenoxy) is 1. The van der Waals surface area contributed by atoms with E-state index in [1.165, 1.54) is 19.2 Å². The fourth-order valence-electron chi connectivity index (χ4n) is 3.97. The van der Waals surface area contributed by atoms with Crippen molar-refractivity contribution in [3.05, 3.63) is 72.3 Å². The molecule has 0 spiro atoms. The van der Waals surface area contributed by atoms with E-state index < -0.39 is 18.2 Å². The minimum Gasteiger partial charge on any atom is -0.469 e. The molecule has 186 valence electrons. The van der Waals surface area contributed by atoms with Crippen molar-refractivity contribution in [1.82, 2.24) is 9.55 Å². The number of carbonyl (C=O) groups is 1. The summed E-state index contributed by atoms with van der Waals surface area (Å²) in [5.41, 5.74) is 4.12. The van der Waals surface area contributed by atoms with Gasteiger partial charge in [0, 0.05) is 29.1 Å². The van der Waals surface area contributed by atoms with Crippen molar-refractivity contribution in [3.63, 3.8) is 0 Å². The van der Waals surface area contributed by atoms with Crippen molar-refractivity contribution in [2.45, 2.75) is 48.9 Å². The Kier molecular flexibility index (Phi) is 9.21. The Bertz CT molecular complexity index is 1220. The highest BCUT2D eigenvalue weighted by molar-refractivity contribution is 14.1. The molecule has 3 unspecified atom stereocenters. The van der Waals surface area contributed by atoms with Gasteiger partial charge in [-0.1, -0.05) is 66.8 Å². The maximum atomic E-state index is 13.7. The van der Waals surface area contributed by atoms with Crippen molar-refractivity contribution in [1.29, 1.82) is 0 Å². The van der Waals surface area contributed by atoms with Gasteiger partial charge < -0.3 is 19.5 Å². The van der Waals surface area contributed by atoms with Gasteiger partial charge in [-0.05, 0) is 29.7 Å². The standard InChI is InChI=1S/C27H30FIN2O4/c1-5-23(29)31-13-12-22-25(17-6-8-18(28)9-7-17)21(26(16(2)3)30-27(22)31)11-10-19(32)14-20(33)15-24(34)35-4/h5-13,16,19-20,23,32-33H,1,14-15H2,2-4H3. The molecule has 2 N–H and O–H groups in total. The Hall–Kier alpha value is -2.56. The lowest BCUT2D eigenvalue weighted by Gasteiger charge is -2.18. The average molecular weight is 592 g/mol. The van der Waals surface area contributed by atoms with Gasteiger partial charge in [-0.2, -0.15) is 0 Å². The number of aliphatic hydroxyl groups excluding tert-OH is 2. The first kappa shape index (κ1) is 27.0. The molecule has 0 fully saturated rings. The van der Waals surface area contributed by atoms with Crippen LogP contribution >= 0.6 is 22.6 Å². The molecule has 0 radical (unpaired) electrons. The van der Waals surface area contributed by atoms with Crippen molar-refractivity contribution < 1.29 is 24.1 Å². The molecule has 3 aromatic rings. The van der Waals surface area contributed by atoms with Gasteiger partial charge in [-0.25, -0.2) is 9.37 Å². The van der Waals surface area contributed by atoms with E-state index in [1.54, 1.807) is 24.3 Å². The van der Waals surface area contributed by atoms with E-state index in [0.717, 1.165) is 33.4 Å². The van der Waals surface area contributed by atoms with E-state index in [9.17, 15) is 19.4 Å². The number of halogens is 2. The topological polar surface area (TPSA) is 84.6 Å². The Morgan fingerprint density at radius 3 is 2.54 bits per heavy atom. The number of esters is 1. The van der Waals surface area contributed by atoms with E-state index in [-0.39, 0.29) is 28.6 Å². The van der Waals surface area contributed by atoms with E-state index in [2.05, 4.69) is 33.9 Å². The molecule has 8 heteroatoms. The number of aliphatic hydroxyl groups is 2. The molecular weight excluding hydrogens is 562 g/mol. The highest BCUT2D eigenvalue weighted by atomic mass is 127. The molecule has 0 saturated heterocycles. The van der Waals surface area contributed by atoms with Gasteiger partial charge in [0.25, 0.3) is 0 Å². The number of alkyl halides is 1. The van der Waals surface area contributed by atoms with Gasteiger partial charge in [0.1, 0.15) is 15.5 Å². The number of methoxy groups -OCH3 is 1. The molecule has 0 bridgehead atoms. The lowest BCUT2D eigenvalue weighted by atomic mass is 9.91. The molecule has 0 saturated carbocycles. The third-order valence-corrected chi connectivity index (χ3v) is 6.81. The molecular formula is C27H30FIN2O4. The molecule has 0 aliphatic heterocycles. The van der Waals surface area contributed by atoms with Crippen LogP contribution in [0.5, 0.6) is 0 Å². The number of aromatic nitrogens is 2. The molecule has 3 rings (SSSR count). The quantitative estimate of drug-likeness (QED) is 0.135. The highest BCUT2D eigenvalue weighted by Crippen LogP contribution is 2.38. The number of pyridine rings is 1. The molecule has 6 nitrogen and oxygen atoms in total. The lowest BCUT2D eigenvalue weighted by Crippen LogP contribution is -2.20. The molecule has 2 aromatic heterocycles. The molecule has 3 atom stereocenters. The second kappa shape index (κ2) is 11.9. The number of hydrogen-bond acceptors (Lipinski definition) is 5. The molecule has 35 heavy (non-hydrogen) atoms. The molecule has 0 amide bonds. The average Bonchev–Trinajstić information content (AvgIpc) is 3.25. The predicted molar refractivity (Wildman–Crippen MR) is 145 cm³/mol. The molecule has 0 aliphatic rings. The van der Waals surface area contributed by atoms with Crippen LogP contribution in [0.1, 0.15) is 47.9 Å². The monoisotopic (exact) mass is 592 g/mol. The van der Waals surface area contributed by atoms with Crippen molar-refractivity contribution in [3.8, 4) is 11.1 Å². The summed E-state index contributed by atoms with van der Waals surface area (Å²) in [6.45, 7) is 7.98. The molecule has 0 aliphatic carbocycles. The third-order valence-electron chi connectivity index (χ3n) is 5.70. The summed E-state index contributed by atoms with van der Waals surface area (Å²) in [5.74, 6) is -0.812. The maximum Gasteiger partial charge on any atom is 0.308 e. The minimum absolute atomic E-state index is 0.00167. The van der Waals surface area contributed by atoms with Crippen LogP contribution in [0, 0.1) is 5.82 Å². The summed E-state index contributed by atoms with van der Waals surface area (Å²) in [6.07, 6.45) is 4.94. The van der Waals surface area contributed by atoms with E-state index in [0.29, 0.717) is 0 Å². The zero-order valence-electron chi connectivity index (χ0n) is 20.0. The SMILES string of the molecule is C=CC(I)n1ccc2c(-c3ccc(F)cc3)c(C=CC(O)CC(O)CC(=O)OC)c(C(C)C)nc21. The predicted octanol–water partition coefficient (Wildman–Crippen LogP) is 5.77. The summed E-state index contributed by atoms with van der Waals surface area (Å²) in [5, 5.41) is 21.5. The van der Waals surface area contributed by atoms with E-state index >= 15 is 0 Å². The van der Waals surface area contributed by atoms with Crippen LogP contribution in [0.2, 0.25) is 0 Å². The lowest BCUT2D eigenvalue weighted by molar-refractivity contribution is -0.143. The zero-order chi connectivity index (χ0) is 25.7. The van der Waals surface area contributed by atoms with Gasteiger partial charge in [0.05, 0.1) is 31.4 Å². The summed E-state index contributed by atoms with van der Waals surface area (Å²) in [7, 11) is 1.25. The number of hydrogen-bond donors (Lipinski definition) is 2. The van der Waals surface area contributed by atoms with E-state index in [1.807, 2.05) is 36.8 Å². The number of benzene rings is 1. The molecule has 1 aromatic carbocycles. The van der Waals surface area contributed by atoms with Gasteiger partial charge in [-0.15, -0.1) is 6.58 Å². The minimum atomic E-state index is -1.03. The maximum absolute atomic E-state index is 13.7. The second-order valence-electron chi connectivity index (χ2n) is 8.61. The van der Waals surface area contributed by atoms with Crippen LogP contribution in [0.4, 0.5) is 4.39 Å². The number of carbonyl (C=O) groups excluding carboxylic acids is 1. The van der Waals surface area contributed by atoms with Crippen molar-refractivity contribution in [2.75, 3.05) is 7.11 Å². The van der Waals surface area contributed by atoms with Gasteiger partial charge >= 0.3 is 5.97 Å². The Balaban J connectivity index is 2.15. The molecule has 2 heterocycles. The fourth-order valence-corrected chi connectivity index (χ4v) is 4.42. The zero-order valence-corrected chi connectivity index (χ0v) is 22.1. The third kappa shape index (κ3) is 6.36. The number of rotatable bonds is 10. The normalized spacial score (nSPS) is 14.4. The number of nitrogens with zero attached hydrogens (tertiary/aromatic N) is 2. The summed E-state index contributed by atoms with van der Waals surface area (Å²) < 4.78 is 20.3. The summed E-state index contributed by atoms with van der Waals surface area (Å²) in [6, 6.07) is 8.28. The Labute approximate surface area is 218 Å². The van der Waals surface area contributed by atoms with Crippen LogP contribution in [-0.4, -0.2) is 45.1 Å². The smallest absolute Gasteiger partial charge is 0.308 e. The second-order valence-corrected chi connectivity index (χ2v) is 9.89. The summed E-state index contributed by atoms with van der Waals surface area (Å²) in [4.78, 5) is 16.4. The van der Waals surface area contributed by atoms with Crippen molar-refractivity contribution in [2.24, 2.45) is 0 Å². The summed E-state index contributed by atoms with van der Waals surface area (Å²) >= 11 is 2.28. The largest absolute Gasteiger partial charge is 0.469 e. The van der Waals surface area contributed by atoms with Crippen molar-refractivity contribution >= 4 is 45.7 Å². The highest BCUT2D eigenvalue weighted by Gasteiger charge is 2.21. The van der Waals surface area contributed by atoms with Gasteiger partial charge in [0.15, 0.2) is 0 Å². The van der Waals surface area contributed by atoms with Crippen LogP contribution in [0.25, 0.3) is 28.2 Å². The first-order chi connectivity index (χ1) is 16.7. The van der Waals surface area contributed by atoms with Crippen LogP contribution in [0.15, 0.2) is 55.3 Å². The first-order valence-electron chi connectivity index (χ1n) is 11.3. The van der Waals surface area contributed by atoms with Gasteiger partial charge in [0.2, 0.25) is 0 Å². The Morgan fingerprint density at radius 1 is 1.26 bits per heavy atom. The van der Waals surface area contributed by atoms with Crippen LogP contribution < -0.4 is 0 Å². The van der Waals surface area contributed by atoms with E-state index in [4.69, 9.17) is 4.98 Å². The Morgan fingerprint density at radius 2 is 1.94 bits per heavy atom. The number of allylic oxidation sites excluding steroid dienone is 1. The van der Waals surface area contributed by atoms with Crippen LogP contribution in [-0.2, 0) is 9.53 Å². The first-order valence-corrected chi connectivity index (χ1v) is 12.6. The van der Waals surface area contributed by atoms with Gasteiger partial charge in [-0.3, -0.25) is 4.79 Å². The van der Waals surface area contributed by atoms with Crippen LogP contribution in [0.3, 0.4) is 0 Å². The fraction of sp³-hybridized carbons (Fsp3) is 0.333. The number of fused-ring (bicyclic) bond motifs is 1.